The molecule has 45 heavy (non-hydrogen) atoms. The molecule has 2 N–H and O–H groups in total. The second-order valence-corrected chi connectivity index (χ2v) is 12.8. The van der Waals surface area contributed by atoms with Crippen molar-refractivity contribution >= 4 is 59.0 Å². The number of carbonyl (C=O) groups is 2. The number of ether oxygens (including phenoxy) is 2. The number of anilines is 1. The zero-order valence-corrected chi connectivity index (χ0v) is 27.6. The van der Waals surface area contributed by atoms with E-state index in [-0.39, 0.29) is 30.1 Å². The lowest BCUT2D eigenvalue weighted by Gasteiger charge is -2.43. The molecule has 1 aliphatic carbocycles. The second kappa shape index (κ2) is 14.0. The Bertz CT molecular complexity index is 1560. The fourth-order valence-corrected chi connectivity index (χ4v) is 7.67. The third-order valence-electron chi connectivity index (χ3n) is 8.87. The predicted octanol–water partition coefficient (Wildman–Crippen LogP) is 5.53. The molecule has 2 saturated heterocycles. The number of imide groups is 1. The minimum Gasteiger partial charge on any atom is -0.504 e. The summed E-state index contributed by atoms with van der Waals surface area (Å²) in [6, 6.07) is 9.23. The summed E-state index contributed by atoms with van der Waals surface area (Å²) in [5.41, 5.74) is 3.81. The molecule has 0 unspecified atom stereocenters. The molecule has 2 fully saturated rings. The highest BCUT2D eigenvalue weighted by atomic mass is 127. The molecule has 238 valence electrons. The molecule has 2 aliphatic heterocycles. The molecule has 11 nitrogen and oxygen atoms in total. The number of non-ortho nitro benzene ring substituents is 1. The van der Waals surface area contributed by atoms with Crippen LogP contribution in [0.15, 0.2) is 53.1 Å². The number of nitro groups is 1. The summed E-state index contributed by atoms with van der Waals surface area (Å²) in [6.07, 6.45) is 5.00. The monoisotopic (exact) mass is 730 g/mol. The van der Waals surface area contributed by atoms with Crippen molar-refractivity contribution in [3.05, 3.63) is 72.4 Å². The van der Waals surface area contributed by atoms with E-state index in [1.807, 2.05) is 6.07 Å². The zero-order valence-electron chi connectivity index (χ0n) is 25.4. The Morgan fingerprint density at radius 1 is 1.20 bits per heavy atom. The van der Waals surface area contributed by atoms with Gasteiger partial charge in [0.25, 0.3) is 5.69 Å². The highest BCUT2D eigenvalue weighted by Crippen LogP contribution is 2.51. The molecule has 3 aliphatic rings. The number of nitrogens with zero attached hydrogens (tertiary/aromatic N) is 2. The molecule has 0 radical (unpaired) electrons. The van der Waals surface area contributed by atoms with E-state index in [0.29, 0.717) is 28.6 Å². The van der Waals surface area contributed by atoms with E-state index in [0.717, 1.165) is 40.0 Å². The highest BCUT2D eigenvalue weighted by Gasteiger charge is 2.57. The summed E-state index contributed by atoms with van der Waals surface area (Å²) >= 11 is 2.07. The number of hydrogen-bond acceptors (Lipinski definition) is 9. The van der Waals surface area contributed by atoms with E-state index in [2.05, 4.69) is 35.6 Å². The summed E-state index contributed by atoms with van der Waals surface area (Å²) in [7, 11) is 1.97. The summed E-state index contributed by atoms with van der Waals surface area (Å²) in [6.45, 7) is 2.36. The Morgan fingerprint density at radius 3 is 2.67 bits per heavy atom. The van der Waals surface area contributed by atoms with Crippen LogP contribution in [-0.2, 0) is 19.0 Å². The molecule has 0 bridgehead atoms. The molecule has 2 aromatic carbocycles. The van der Waals surface area contributed by atoms with Gasteiger partial charge in [-0.15, -0.1) is 0 Å². The van der Waals surface area contributed by atoms with Crippen molar-refractivity contribution in [2.75, 3.05) is 25.7 Å². The van der Waals surface area contributed by atoms with E-state index in [4.69, 9.17) is 14.1 Å². The Balaban J connectivity index is 1.45. The van der Waals surface area contributed by atoms with Crippen molar-refractivity contribution in [2.24, 2.45) is 17.8 Å². The van der Waals surface area contributed by atoms with E-state index in [9.17, 15) is 29.8 Å². The zero-order chi connectivity index (χ0) is 32.4. The number of fused-ring (bicyclic) bond motifs is 3. The molecule has 2 heterocycles. The number of benzene rings is 2. The maximum absolute atomic E-state index is 13.9. The van der Waals surface area contributed by atoms with Crippen LogP contribution in [0.4, 0.5) is 11.4 Å². The van der Waals surface area contributed by atoms with Crippen LogP contribution < -0.4 is 9.64 Å². The van der Waals surface area contributed by atoms with E-state index >= 15 is 0 Å². The highest BCUT2D eigenvalue weighted by molar-refractivity contribution is 14.1. The van der Waals surface area contributed by atoms with Crippen molar-refractivity contribution in [2.45, 2.75) is 51.5 Å². The summed E-state index contributed by atoms with van der Waals surface area (Å²) in [4.78, 5) is 39.6. The van der Waals surface area contributed by atoms with Crippen molar-refractivity contribution in [1.29, 1.82) is 0 Å². The van der Waals surface area contributed by atoms with Crippen LogP contribution in [0.3, 0.4) is 0 Å². The third kappa shape index (κ3) is 6.67. The maximum Gasteiger partial charge on any atom is 0.455 e. The third-order valence-corrected chi connectivity index (χ3v) is 9.69. The lowest BCUT2D eigenvalue weighted by Crippen LogP contribution is -2.46. The average Bonchev–Trinajstić information content (AvgIpc) is 3.26. The van der Waals surface area contributed by atoms with Crippen LogP contribution in [0.5, 0.6) is 11.5 Å². The number of halogens is 1. The van der Waals surface area contributed by atoms with Gasteiger partial charge in [-0.1, -0.05) is 31.1 Å². The molecule has 0 saturated carbocycles. The molecule has 13 heteroatoms. The number of hydrogen-bond donors (Lipinski definition) is 2. The number of aromatic hydroxyl groups is 1. The van der Waals surface area contributed by atoms with Crippen LogP contribution in [-0.4, -0.2) is 60.9 Å². The normalized spacial score (nSPS) is 23.4. The van der Waals surface area contributed by atoms with E-state index < -0.39 is 47.7 Å². The number of allylic oxidation sites excluding steroid dienone is 1. The van der Waals surface area contributed by atoms with Gasteiger partial charge in [-0.2, -0.15) is 0 Å². The van der Waals surface area contributed by atoms with Crippen LogP contribution in [0.2, 0.25) is 6.32 Å². The number of nitro benzene ring substituents is 1. The first-order valence-corrected chi connectivity index (χ1v) is 16.1. The number of phenolic OH excluding ortho intramolecular Hbond substituents is 1. The predicted molar refractivity (Wildman–Crippen MR) is 177 cm³/mol. The quantitative estimate of drug-likeness (QED) is 0.0761. The van der Waals surface area contributed by atoms with Crippen LogP contribution in [0, 0.1) is 31.4 Å². The second-order valence-electron chi connectivity index (χ2n) is 11.7. The SMILES string of the molecule is CCC/C(=C\c1cc(I)c(O)c(OC)c1)CC[C@H]1OB(O)C[C@H]2C1=C(COC)C[C@H]1C(=O)N(c3cccc([N+](=O)[O-])c3)C(=O)[C@H]12. The lowest BCUT2D eigenvalue weighted by molar-refractivity contribution is -0.384. The molecular formula is C32H36BIN2O9. The number of phenols is 1. The van der Waals surface area contributed by atoms with Gasteiger partial charge < -0.3 is 24.3 Å². The number of rotatable bonds is 11. The van der Waals surface area contributed by atoms with Gasteiger partial charge in [0.15, 0.2) is 11.5 Å². The fourth-order valence-electron chi connectivity index (χ4n) is 7.05. The number of carbonyl (C=O) groups excluding carboxylic acids is 2. The van der Waals surface area contributed by atoms with Crippen LogP contribution in [0.1, 0.15) is 44.6 Å². The molecule has 5 rings (SSSR count). The van der Waals surface area contributed by atoms with Crippen LogP contribution >= 0.6 is 22.6 Å². The molecule has 2 amide bonds. The Hall–Kier alpha value is -3.27. The van der Waals surface area contributed by atoms with Gasteiger partial charge in [0.05, 0.1) is 45.8 Å². The molecular weight excluding hydrogens is 694 g/mol. The standard InChI is InChI=1S/C32H36BIN2O9/c1-4-6-18(11-19-12-25(34)30(37)27(13-19)44-3)9-10-26-28-20(17-43-2)14-23-29(24(28)16-33(40)45-26)32(39)35(31(23)38)21-7-5-8-22(15-21)36(41)42/h5,7-8,11-13,15,23-24,26,29,37,40H,4,6,9-10,14,16-17H2,1-3H3/b18-11+/t23-,24+,26-,29-/m1/s1. The Kier molecular flexibility index (Phi) is 10.3. The van der Waals surface area contributed by atoms with Crippen LogP contribution in [0.25, 0.3) is 6.08 Å². The van der Waals surface area contributed by atoms with Crippen molar-refractivity contribution < 1.29 is 38.8 Å². The van der Waals surface area contributed by atoms with Gasteiger partial charge in [-0.3, -0.25) is 19.7 Å². The maximum atomic E-state index is 13.9. The summed E-state index contributed by atoms with van der Waals surface area (Å²) in [5, 5.41) is 32.6. The van der Waals surface area contributed by atoms with Gasteiger partial charge in [-0.05, 0) is 95.4 Å². The largest absolute Gasteiger partial charge is 0.504 e. The molecule has 0 aromatic heterocycles. The lowest BCUT2D eigenvalue weighted by atomic mass is 9.58. The minimum absolute atomic E-state index is 0.0973. The first kappa shape index (κ1) is 33.1. The van der Waals surface area contributed by atoms with E-state index in [1.54, 1.807) is 13.2 Å². The van der Waals surface area contributed by atoms with Crippen molar-refractivity contribution in [1.82, 2.24) is 0 Å². The average molecular weight is 730 g/mol. The summed E-state index contributed by atoms with van der Waals surface area (Å²) in [5.74, 6) is -2.15. The smallest absolute Gasteiger partial charge is 0.455 e. The van der Waals surface area contributed by atoms with Gasteiger partial charge >= 0.3 is 7.12 Å². The molecule has 4 atom stereocenters. The van der Waals surface area contributed by atoms with E-state index in [1.165, 1.54) is 31.4 Å². The molecule has 0 spiro atoms. The van der Waals surface area contributed by atoms with Crippen molar-refractivity contribution in [3.8, 4) is 11.5 Å². The topological polar surface area (TPSA) is 149 Å². The van der Waals surface area contributed by atoms with Gasteiger partial charge in [0, 0.05) is 19.2 Å². The van der Waals surface area contributed by atoms with Gasteiger partial charge in [0.2, 0.25) is 11.8 Å². The van der Waals surface area contributed by atoms with Gasteiger partial charge in [-0.25, -0.2) is 4.90 Å². The number of amides is 2. The minimum atomic E-state index is -1.12. The molecule has 2 aromatic rings. The van der Waals surface area contributed by atoms with Crippen molar-refractivity contribution in [3.63, 3.8) is 0 Å². The van der Waals surface area contributed by atoms with Gasteiger partial charge in [0.1, 0.15) is 0 Å². The Labute approximate surface area is 275 Å². The summed E-state index contributed by atoms with van der Waals surface area (Å²) < 4.78 is 17.7. The fraction of sp³-hybridized carbons (Fsp3) is 0.438. The first-order valence-electron chi connectivity index (χ1n) is 15.0. The Morgan fingerprint density at radius 2 is 1.98 bits per heavy atom. The number of methoxy groups -OCH3 is 2. The first-order chi connectivity index (χ1) is 21.6.